The molecule has 1 fully saturated rings. The number of carbonyl (C=O) groups excluding carboxylic acids is 3. The van der Waals surface area contributed by atoms with Gasteiger partial charge in [-0.15, -0.1) is 0 Å². The summed E-state index contributed by atoms with van der Waals surface area (Å²) in [4.78, 5) is 40.8. The second kappa shape index (κ2) is 10.4. The van der Waals surface area contributed by atoms with E-state index < -0.39 is 24.1 Å². The molecule has 4 amide bonds. The molecule has 1 aliphatic heterocycles. The molecule has 1 atom stereocenters. The zero-order valence-electron chi connectivity index (χ0n) is 17.6. The fourth-order valence-corrected chi connectivity index (χ4v) is 3.30. The van der Waals surface area contributed by atoms with Crippen molar-refractivity contribution in [2.24, 2.45) is 0 Å². The van der Waals surface area contributed by atoms with E-state index >= 15 is 0 Å². The van der Waals surface area contributed by atoms with Gasteiger partial charge in [0, 0.05) is 13.1 Å². The number of amides is 4. The quantitative estimate of drug-likeness (QED) is 0.551. The van der Waals surface area contributed by atoms with Gasteiger partial charge in [-0.1, -0.05) is 38.8 Å². The molecule has 0 aliphatic carbocycles. The maximum absolute atomic E-state index is 13.0. The number of hydrogen-bond donors (Lipinski definition) is 1. The van der Waals surface area contributed by atoms with E-state index in [4.69, 9.17) is 0 Å². The van der Waals surface area contributed by atoms with Gasteiger partial charge in [0.1, 0.15) is 17.8 Å². The molecule has 7 nitrogen and oxygen atoms in total. The number of ether oxygens (including phenoxy) is 1. The highest BCUT2D eigenvalue weighted by atomic mass is 19.3. The molecule has 1 saturated heterocycles. The van der Waals surface area contributed by atoms with Gasteiger partial charge in [0.2, 0.25) is 5.91 Å². The molecule has 30 heavy (non-hydrogen) atoms. The Labute approximate surface area is 175 Å². The summed E-state index contributed by atoms with van der Waals surface area (Å²) in [5, 5.41) is 2.62. The van der Waals surface area contributed by atoms with E-state index in [9.17, 15) is 23.2 Å². The van der Waals surface area contributed by atoms with E-state index in [1.54, 1.807) is 4.90 Å². The summed E-state index contributed by atoms with van der Waals surface area (Å²) in [6, 6.07) is 4.83. The molecule has 1 N–H and O–H groups in total. The van der Waals surface area contributed by atoms with Crippen LogP contribution in [-0.2, 0) is 15.1 Å². The van der Waals surface area contributed by atoms with Gasteiger partial charge in [0.15, 0.2) is 0 Å². The predicted octanol–water partition coefficient (Wildman–Crippen LogP) is 3.48. The third kappa shape index (κ3) is 5.46. The third-order valence-corrected chi connectivity index (χ3v) is 5.14. The first-order chi connectivity index (χ1) is 14.2. The van der Waals surface area contributed by atoms with Gasteiger partial charge < -0.3 is 15.0 Å². The van der Waals surface area contributed by atoms with Crippen LogP contribution in [0.15, 0.2) is 24.3 Å². The van der Waals surface area contributed by atoms with Crippen molar-refractivity contribution in [2.45, 2.75) is 58.6 Å². The fourth-order valence-electron chi connectivity index (χ4n) is 3.30. The van der Waals surface area contributed by atoms with Gasteiger partial charge in [-0.05, 0) is 37.5 Å². The standard InChI is InChI=1S/C21H29F2N3O4/c1-4-6-12-25(13-7-5-2)17(27)14-26-18(28)21(3,24-20(26)29)15-8-10-16(11-9-15)30-19(22)23/h8-11,19H,4-7,12-14H2,1-3H3,(H,24,29)/t21-/m1/s1. The van der Waals surface area contributed by atoms with Crippen LogP contribution in [0, 0.1) is 0 Å². The number of imide groups is 1. The molecular weight excluding hydrogens is 396 g/mol. The third-order valence-electron chi connectivity index (χ3n) is 5.14. The van der Waals surface area contributed by atoms with E-state index in [1.807, 2.05) is 13.8 Å². The smallest absolute Gasteiger partial charge is 0.387 e. The summed E-state index contributed by atoms with van der Waals surface area (Å²) in [7, 11) is 0. The second-order valence-electron chi connectivity index (χ2n) is 7.44. The molecule has 0 radical (unpaired) electrons. The Kier molecular flexibility index (Phi) is 8.14. The Morgan fingerprint density at radius 3 is 2.20 bits per heavy atom. The molecule has 0 spiro atoms. The first kappa shape index (κ1) is 23.6. The van der Waals surface area contributed by atoms with Crippen molar-refractivity contribution in [1.29, 1.82) is 0 Å². The molecule has 0 unspecified atom stereocenters. The Balaban J connectivity index is 2.13. The Bertz CT molecular complexity index is 749. The number of unbranched alkanes of at least 4 members (excludes halogenated alkanes) is 2. The number of rotatable bonds is 11. The minimum Gasteiger partial charge on any atom is -0.435 e. The highest BCUT2D eigenvalue weighted by molar-refractivity contribution is 6.09. The van der Waals surface area contributed by atoms with Crippen LogP contribution in [0.25, 0.3) is 0 Å². The average Bonchev–Trinajstić information content (AvgIpc) is 2.92. The van der Waals surface area contributed by atoms with E-state index in [0.29, 0.717) is 18.7 Å². The number of urea groups is 1. The number of benzene rings is 1. The van der Waals surface area contributed by atoms with Crippen molar-refractivity contribution in [1.82, 2.24) is 15.1 Å². The van der Waals surface area contributed by atoms with Gasteiger partial charge >= 0.3 is 12.6 Å². The van der Waals surface area contributed by atoms with Crippen LogP contribution in [0.5, 0.6) is 5.75 Å². The molecule has 0 saturated carbocycles. The van der Waals surface area contributed by atoms with Crippen molar-refractivity contribution in [3.8, 4) is 5.75 Å². The summed E-state index contributed by atoms with van der Waals surface area (Å²) in [5.41, 5.74) is -0.982. The lowest BCUT2D eigenvalue weighted by molar-refractivity contribution is -0.139. The highest BCUT2D eigenvalue weighted by Crippen LogP contribution is 2.30. The van der Waals surface area contributed by atoms with Crippen molar-refractivity contribution in [3.63, 3.8) is 0 Å². The van der Waals surface area contributed by atoms with Gasteiger partial charge in [-0.2, -0.15) is 8.78 Å². The van der Waals surface area contributed by atoms with Crippen molar-refractivity contribution >= 4 is 17.8 Å². The average molecular weight is 425 g/mol. The molecular formula is C21H29F2N3O4. The lowest BCUT2D eigenvalue weighted by atomic mass is 9.92. The number of alkyl halides is 2. The van der Waals surface area contributed by atoms with Crippen LogP contribution < -0.4 is 10.1 Å². The van der Waals surface area contributed by atoms with Crippen LogP contribution in [0.3, 0.4) is 0 Å². The monoisotopic (exact) mass is 425 g/mol. The van der Waals surface area contributed by atoms with Crippen LogP contribution >= 0.6 is 0 Å². The van der Waals surface area contributed by atoms with E-state index in [2.05, 4.69) is 10.1 Å². The summed E-state index contributed by atoms with van der Waals surface area (Å²) in [5.74, 6) is -0.886. The second-order valence-corrected chi connectivity index (χ2v) is 7.44. The number of nitrogens with one attached hydrogen (secondary N) is 1. The van der Waals surface area contributed by atoms with Crippen LogP contribution in [0.1, 0.15) is 52.0 Å². The van der Waals surface area contributed by atoms with E-state index in [1.165, 1.54) is 31.2 Å². The SMILES string of the molecule is CCCCN(CCCC)C(=O)CN1C(=O)N[C@](C)(c2ccc(OC(F)F)cc2)C1=O. The minimum absolute atomic E-state index is 0.0522. The largest absolute Gasteiger partial charge is 0.435 e. The highest BCUT2D eigenvalue weighted by Gasteiger charge is 2.49. The fraction of sp³-hybridized carbons (Fsp3) is 0.571. The van der Waals surface area contributed by atoms with Gasteiger partial charge in [-0.3, -0.25) is 14.5 Å². The lowest BCUT2D eigenvalue weighted by Crippen LogP contribution is -2.45. The number of carbonyl (C=O) groups is 3. The summed E-state index contributed by atoms with van der Waals surface area (Å²) in [6.07, 6.45) is 3.56. The first-order valence-corrected chi connectivity index (χ1v) is 10.2. The minimum atomic E-state index is -2.95. The maximum Gasteiger partial charge on any atom is 0.387 e. The van der Waals surface area contributed by atoms with Crippen LogP contribution in [-0.4, -0.2) is 53.9 Å². The number of hydrogen-bond acceptors (Lipinski definition) is 4. The molecule has 166 valence electrons. The first-order valence-electron chi connectivity index (χ1n) is 10.2. The Morgan fingerprint density at radius 1 is 1.13 bits per heavy atom. The van der Waals surface area contributed by atoms with Crippen LogP contribution in [0.4, 0.5) is 13.6 Å². The summed E-state index contributed by atoms with van der Waals surface area (Å²) >= 11 is 0. The Morgan fingerprint density at radius 2 is 1.70 bits per heavy atom. The zero-order valence-corrected chi connectivity index (χ0v) is 17.6. The maximum atomic E-state index is 13.0. The molecule has 0 aromatic heterocycles. The van der Waals surface area contributed by atoms with Crippen LogP contribution in [0.2, 0.25) is 0 Å². The van der Waals surface area contributed by atoms with Gasteiger partial charge in [0.25, 0.3) is 5.91 Å². The molecule has 1 aliphatic rings. The van der Waals surface area contributed by atoms with Gasteiger partial charge in [0.05, 0.1) is 0 Å². The molecule has 2 rings (SSSR count). The summed E-state index contributed by atoms with van der Waals surface area (Å²) in [6.45, 7) is 3.46. The van der Waals surface area contributed by atoms with E-state index in [-0.39, 0.29) is 18.2 Å². The zero-order chi connectivity index (χ0) is 22.3. The number of nitrogens with zero attached hydrogens (tertiary/aromatic N) is 2. The predicted molar refractivity (Wildman–Crippen MR) is 107 cm³/mol. The van der Waals surface area contributed by atoms with Gasteiger partial charge in [-0.25, -0.2) is 4.79 Å². The van der Waals surface area contributed by atoms with Crippen molar-refractivity contribution in [3.05, 3.63) is 29.8 Å². The molecule has 9 heteroatoms. The van der Waals surface area contributed by atoms with Crippen molar-refractivity contribution < 1.29 is 27.9 Å². The Hall–Kier alpha value is -2.71. The molecule has 1 aromatic rings. The number of halogens is 2. The normalized spacial score (nSPS) is 18.7. The molecule has 1 heterocycles. The lowest BCUT2D eigenvalue weighted by Gasteiger charge is -2.25. The van der Waals surface area contributed by atoms with E-state index in [0.717, 1.165) is 30.6 Å². The molecule has 1 aromatic carbocycles. The molecule has 0 bridgehead atoms. The summed E-state index contributed by atoms with van der Waals surface area (Å²) < 4.78 is 29.0. The topological polar surface area (TPSA) is 79.0 Å². The van der Waals surface area contributed by atoms with Crippen molar-refractivity contribution in [2.75, 3.05) is 19.6 Å².